The second kappa shape index (κ2) is 10.3. The van der Waals surface area contributed by atoms with E-state index < -0.39 is 6.03 Å². The first-order chi connectivity index (χ1) is 18.4. The van der Waals surface area contributed by atoms with Gasteiger partial charge in [0.2, 0.25) is 6.79 Å². The minimum absolute atomic E-state index is 0.0679. The lowest BCUT2D eigenvalue weighted by Gasteiger charge is -2.13. The Hall–Kier alpha value is -5.33. The number of carbonyl (C=O) groups is 2. The largest absolute Gasteiger partial charge is 0.493 e. The number of hydrogen-bond acceptors (Lipinski definition) is 10. The normalized spacial score (nSPS) is 11.6. The number of methoxy groups -OCH3 is 1. The smallest absolute Gasteiger partial charge is 0.324 e. The van der Waals surface area contributed by atoms with E-state index in [-0.39, 0.29) is 18.6 Å². The maximum atomic E-state index is 12.5. The van der Waals surface area contributed by atoms with Crippen molar-refractivity contribution in [2.45, 2.75) is 13.8 Å². The van der Waals surface area contributed by atoms with Gasteiger partial charge in [-0.25, -0.2) is 9.78 Å². The summed E-state index contributed by atoms with van der Waals surface area (Å²) < 4.78 is 21.9. The molecule has 0 spiro atoms. The molecule has 38 heavy (non-hydrogen) atoms. The summed E-state index contributed by atoms with van der Waals surface area (Å²) in [6.45, 7) is 3.37. The minimum atomic E-state index is -0.455. The van der Waals surface area contributed by atoms with Gasteiger partial charge >= 0.3 is 12.0 Å². The number of aryl methyl sites for hydroxylation is 1. The van der Waals surface area contributed by atoms with Crippen molar-refractivity contribution >= 4 is 34.8 Å². The number of urea groups is 1. The monoisotopic (exact) mass is 517 g/mol. The number of H-pyrrole nitrogens is 1. The van der Waals surface area contributed by atoms with E-state index in [4.69, 9.17) is 18.9 Å². The third-order valence-corrected chi connectivity index (χ3v) is 5.29. The molecule has 0 bridgehead atoms. The molecule has 2 aromatic carbocycles. The molecule has 0 saturated carbocycles. The van der Waals surface area contributed by atoms with E-state index >= 15 is 0 Å². The van der Waals surface area contributed by atoms with Gasteiger partial charge in [0.05, 0.1) is 7.11 Å². The molecular weight excluding hydrogens is 494 g/mol. The molecule has 0 fully saturated rings. The predicted octanol–water partition coefficient (Wildman–Crippen LogP) is 4.63. The number of nitrogens with one attached hydrogen (secondary N) is 4. The number of nitrogens with zero attached hydrogens (tertiary/aromatic N) is 3. The number of ketones is 1. The van der Waals surface area contributed by atoms with Crippen molar-refractivity contribution in [2.24, 2.45) is 0 Å². The number of Topliss-reactive ketones (excluding diaryl/α,β-unsaturated/α-hetero) is 1. The predicted molar refractivity (Wildman–Crippen MR) is 137 cm³/mol. The molecule has 194 valence electrons. The molecule has 4 aromatic rings. The van der Waals surface area contributed by atoms with E-state index in [0.717, 1.165) is 0 Å². The summed E-state index contributed by atoms with van der Waals surface area (Å²) in [6, 6.07) is 12.9. The number of rotatable bonds is 8. The molecule has 3 heterocycles. The summed E-state index contributed by atoms with van der Waals surface area (Å²) in [5.41, 5.74) is 1.96. The standard InChI is InChI=1S/C25H23N7O6/c1-13-8-22(29-23-11-17(14(2)33)31-32-23)30-25(26-13)38-19-7-5-15(9-20(19)35-3)27-24(34)28-16-4-6-18-21(10-16)37-12-36-18/h4-11H,12H2,1-3H3,(H2,27,28,34)(H2,26,29,30,31,32). The van der Waals surface area contributed by atoms with Crippen LogP contribution >= 0.6 is 0 Å². The molecule has 4 N–H and O–H groups in total. The lowest BCUT2D eigenvalue weighted by atomic mass is 10.2. The van der Waals surface area contributed by atoms with Crippen LogP contribution in [0.2, 0.25) is 0 Å². The molecule has 0 aliphatic carbocycles. The Morgan fingerprint density at radius 3 is 2.47 bits per heavy atom. The fraction of sp³-hybridized carbons (Fsp3) is 0.160. The number of carbonyl (C=O) groups excluding carboxylic acids is 2. The molecule has 2 aromatic heterocycles. The maximum Gasteiger partial charge on any atom is 0.324 e. The summed E-state index contributed by atoms with van der Waals surface area (Å²) >= 11 is 0. The van der Waals surface area contributed by atoms with Gasteiger partial charge in [-0.2, -0.15) is 10.1 Å². The molecule has 0 radical (unpaired) electrons. The van der Waals surface area contributed by atoms with Gasteiger partial charge in [0.1, 0.15) is 17.3 Å². The molecule has 0 saturated heterocycles. The van der Waals surface area contributed by atoms with Crippen molar-refractivity contribution in [1.29, 1.82) is 0 Å². The van der Waals surface area contributed by atoms with E-state index in [1.807, 2.05) is 0 Å². The fourth-order valence-electron chi connectivity index (χ4n) is 3.55. The number of hydrogen-bond donors (Lipinski definition) is 4. The van der Waals surface area contributed by atoms with Gasteiger partial charge in [-0.05, 0) is 31.2 Å². The van der Waals surface area contributed by atoms with Gasteiger partial charge in [-0.3, -0.25) is 9.89 Å². The van der Waals surface area contributed by atoms with Crippen LogP contribution in [-0.4, -0.2) is 45.9 Å². The van der Waals surface area contributed by atoms with Gasteiger partial charge in [0, 0.05) is 48.3 Å². The van der Waals surface area contributed by atoms with Crippen LogP contribution in [0.1, 0.15) is 23.1 Å². The number of aromatic nitrogens is 4. The quantitative estimate of drug-likeness (QED) is 0.243. The van der Waals surface area contributed by atoms with Crippen LogP contribution in [0, 0.1) is 6.92 Å². The van der Waals surface area contributed by atoms with Gasteiger partial charge in [0.15, 0.2) is 28.8 Å². The summed E-state index contributed by atoms with van der Waals surface area (Å²) in [4.78, 5) is 32.7. The van der Waals surface area contributed by atoms with Crippen molar-refractivity contribution < 1.29 is 28.5 Å². The number of benzene rings is 2. The summed E-state index contributed by atoms with van der Waals surface area (Å²) in [5, 5.41) is 15.2. The van der Waals surface area contributed by atoms with Crippen molar-refractivity contribution in [2.75, 3.05) is 29.9 Å². The van der Waals surface area contributed by atoms with Crippen molar-refractivity contribution in [3.63, 3.8) is 0 Å². The Morgan fingerprint density at radius 1 is 0.947 bits per heavy atom. The highest BCUT2D eigenvalue weighted by molar-refractivity contribution is 6.00. The lowest BCUT2D eigenvalue weighted by Crippen LogP contribution is -2.19. The third kappa shape index (κ3) is 5.56. The zero-order valence-corrected chi connectivity index (χ0v) is 20.6. The van der Waals surface area contributed by atoms with Gasteiger partial charge in [0.25, 0.3) is 0 Å². The Morgan fingerprint density at radius 2 is 1.71 bits per heavy atom. The molecule has 13 nitrogen and oxygen atoms in total. The first-order valence-corrected chi connectivity index (χ1v) is 11.4. The fourth-order valence-corrected chi connectivity index (χ4v) is 3.55. The Kier molecular flexibility index (Phi) is 6.63. The molecule has 5 rings (SSSR count). The third-order valence-electron chi connectivity index (χ3n) is 5.29. The number of fused-ring (bicyclic) bond motifs is 1. The average Bonchev–Trinajstić information content (AvgIpc) is 3.54. The highest BCUT2D eigenvalue weighted by atomic mass is 16.7. The SMILES string of the molecule is COc1cc(NC(=O)Nc2ccc3c(c2)OCO3)ccc1Oc1nc(C)cc(Nc2cc(C(C)=O)n[nH]2)n1. The zero-order valence-electron chi connectivity index (χ0n) is 20.6. The second-order valence-corrected chi connectivity index (χ2v) is 8.14. The zero-order chi connectivity index (χ0) is 26.6. The van der Waals surface area contributed by atoms with Crippen LogP contribution in [-0.2, 0) is 0 Å². The number of amides is 2. The summed E-state index contributed by atoms with van der Waals surface area (Å²) in [5.74, 6) is 2.65. The molecule has 1 aliphatic heterocycles. The van der Waals surface area contributed by atoms with E-state index in [1.54, 1.807) is 55.5 Å². The number of anilines is 4. The van der Waals surface area contributed by atoms with E-state index in [0.29, 0.717) is 57.4 Å². The maximum absolute atomic E-state index is 12.5. The summed E-state index contributed by atoms with van der Waals surface area (Å²) in [7, 11) is 1.48. The Balaban J connectivity index is 1.26. The van der Waals surface area contributed by atoms with Gasteiger partial charge < -0.3 is 34.9 Å². The Bertz CT molecular complexity index is 1520. The average molecular weight is 518 g/mol. The van der Waals surface area contributed by atoms with Gasteiger partial charge in [-0.1, -0.05) is 0 Å². The van der Waals surface area contributed by atoms with Crippen LogP contribution < -0.4 is 34.9 Å². The van der Waals surface area contributed by atoms with Crippen LogP contribution in [0.25, 0.3) is 0 Å². The number of aromatic amines is 1. The van der Waals surface area contributed by atoms with E-state index in [2.05, 4.69) is 36.1 Å². The van der Waals surface area contributed by atoms with Crippen molar-refractivity contribution in [1.82, 2.24) is 20.2 Å². The number of ether oxygens (including phenoxy) is 4. The highest BCUT2D eigenvalue weighted by Gasteiger charge is 2.16. The lowest BCUT2D eigenvalue weighted by molar-refractivity contribution is 0.101. The van der Waals surface area contributed by atoms with Crippen LogP contribution in [0.3, 0.4) is 0 Å². The molecular formula is C25H23N7O6. The highest BCUT2D eigenvalue weighted by Crippen LogP contribution is 2.35. The Labute approximate surface area is 216 Å². The first kappa shape index (κ1) is 24.4. The molecule has 0 atom stereocenters. The van der Waals surface area contributed by atoms with Crippen LogP contribution in [0.5, 0.6) is 29.0 Å². The molecule has 13 heteroatoms. The second-order valence-electron chi connectivity index (χ2n) is 8.14. The van der Waals surface area contributed by atoms with E-state index in [1.165, 1.54) is 14.0 Å². The van der Waals surface area contributed by atoms with Crippen LogP contribution in [0.4, 0.5) is 27.8 Å². The van der Waals surface area contributed by atoms with Crippen molar-refractivity contribution in [3.8, 4) is 29.0 Å². The molecule has 1 aliphatic rings. The molecule has 0 unspecified atom stereocenters. The summed E-state index contributed by atoms with van der Waals surface area (Å²) in [6.07, 6.45) is 0. The van der Waals surface area contributed by atoms with E-state index in [9.17, 15) is 9.59 Å². The van der Waals surface area contributed by atoms with Crippen LogP contribution in [0.15, 0.2) is 48.5 Å². The minimum Gasteiger partial charge on any atom is -0.493 e. The van der Waals surface area contributed by atoms with Crippen molar-refractivity contribution in [3.05, 3.63) is 59.9 Å². The topological polar surface area (TPSA) is 162 Å². The first-order valence-electron chi connectivity index (χ1n) is 11.4. The van der Waals surface area contributed by atoms with Gasteiger partial charge in [-0.15, -0.1) is 0 Å². The molecule has 2 amide bonds.